The lowest BCUT2D eigenvalue weighted by molar-refractivity contribution is 0.182. The molecule has 0 fully saturated rings. The maximum Gasteiger partial charge on any atom is 0.159 e. The van der Waals surface area contributed by atoms with E-state index in [1.165, 1.54) is 0 Å². The summed E-state index contributed by atoms with van der Waals surface area (Å²) in [5.41, 5.74) is 1.57. The van der Waals surface area contributed by atoms with Crippen LogP contribution in [0.15, 0.2) is 30.3 Å². The molecule has 0 spiro atoms. The molecule has 1 aliphatic rings. The van der Waals surface area contributed by atoms with Gasteiger partial charge in [-0.05, 0) is 11.1 Å². The lowest BCUT2D eigenvalue weighted by Crippen LogP contribution is -2.30. The summed E-state index contributed by atoms with van der Waals surface area (Å²) in [6.07, 6.45) is 2.39. The van der Waals surface area contributed by atoms with Crippen molar-refractivity contribution in [2.75, 3.05) is 5.75 Å². The Balaban J connectivity index is 2.46. The lowest BCUT2D eigenvalue weighted by Gasteiger charge is -2.25. The van der Waals surface area contributed by atoms with Gasteiger partial charge in [-0.3, -0.25) is 0 Å². The van der Waals surface area contributed by atoms with Crippen molar-refractivity contribution in [2.45, 2.75) is 18.3 Å². The number of sulfone groups is 1. The third-order valence-electron chi connectivity index (χ3n) is 2.91. The first-order valence-electron chi connectivity index (χ1n) is 5.23. The van der Waals surface area contributed by atoms with Gasteiger partial charge in [0.2, 0.25) is 0 Å². The minimum Gasteiger partial charge on any atom is -0.387 e. The van der Waals surface area contributed by atoms with Crippen molar-refractivity contribution in [3.05, 3.63) is 41.5 Å². The second kappa shape index (κ2) is 4.03. The molecule has 0 aromatic heterocycles. The van der Waals surface area contributed by atoms with E-state index >= 15 is 0 Å². The summed E-state index contributed by atoms with van der Waals surface area (Å²) >= 11 is 0. The Kier molecular flexibility index (Phi) is 2.86. The smallest absolute Gasteiger partial charge is 0.159 e. The fraction of sp³-hybridized carbons (Fsp3) is 0.333. The Labute approximate surface area is 95.3 Å². The topological polar surface area (TPSA) is 54.4 Å². The third-order valence-corrected chi connectivity index (χ3v) is 4.96. The van der Waals surface area contributed by atoms with Crippen molar-refractivity contribution in [3.63, 3.8) is 0 Å². The average Bonchev–Trinajstić information content (AvgIpc) is 2.29. The van der Waals surface area contributed by atoms with E-state index in [9.17, 15) is 13.5 Å². The fourth-order valence-corrected chi connectivity index (χ4v) is 3.16. The van der Waals surface area contributed by atoms with Crippen molar-refractivity contribution in [1.82, 2.24) is 0 Å². The number of hydrogen-bond acceptors (Lipinski definition) is 3. The molecule has 0 radical (unpaired) electrons. The molecule has 2 rings (SSSR count). The highest BCUT2D eigenvalue weighted by atomic mass is 32.2. The highest BCUT2D eigenvalue weighted by Crippen LogP contribution is 2.31. The van der Waals surface area contributed by atoms with Crippen molar-refractivity contribution in [1.29, 1.82) is 0 Å². The van der Waals surface area contributed by atoms with Crippen LogP contribution in [0.5, 0.6) is 0 Å². The molecule has 86 valence electrons. The summed E-state index contributed by atoms with van der Waals surface area (Å²) in [6, 6.07) is 7.30. The summed E-state index contributed by atoms with van der Waals surface area (Å²) in [6.45, 7) is 1.59. The highest BCUT2D eigenvalue weighted by molar-refractivity contribution is 7.92. The summed E-state index contributed by atoms with van der Waals surface area (Å²) < 4.78 is 23.5. The van der Waals surface area contributed by atoms with Crippen LogP contribution in [0.1, 0.15) is 24.2 Å². The number of fused-ring (bicyclic) bond motifs is 1. The van der Waals surface area contributed by atoms with Crippen LogP contribution < -0.4 is 0 Å². The molecule has 0 heterocycles. The van der Waals surface area contributed by atoms with E-state index in [1.54, 1.807) is 31.2 Å². The van der Waals surface area contributed by atoms with Gasteiger partial charge in [-0.1, -0.05) is 43.3 Å². The first-order valence-corrected chi connectivity index (χ1v) is 6.94. The SMILES string of the molecule is CCS(=O)(=O)[C@H]1C=Cc2ccccc2[C@@H]1O. The number of hydrogen-bond donors (Lipinski definition) is 1. The van der Waals surface area contributed by atoms with Crippen LogP contribution in [0.4, 0.5) is 0 Å². The maximum atomic E-state index is 11.8. The highest BCUT2D eigenvalue weighted by Gasteiger charge is 2.32. The molecular formula is C12H14O3S. The largest absolute Gasteiger partial charge is 0.387 e. The first kappa shape index (κ1) is 11.4. The summed E-state index contributed by atoms with van der Waals surface area (Å²) in [7, 11) is -3.25. The number of aliphatic hydroxyl groups is 1. The molecule has 2 atom stereocenters. The zero-order valence-corrected chi connectivity index (χ0v) is 9.81. The van der Waals surface area contributed by atoms with Crippen molar-refractivity contribution >= 4 is 15.9 Å². The minimum absolute atomic E-state index is 0.0429. The van der Waals surface area contributed by atoms with Gasteiger partial charge in [0, 0.05) is 5.75 Å². The van der Waals surface area contributed by atoms with Gasteiger partial charge >= 0.3 is 0 Å². The molecule has 1 aliphatic carbocycles. The van der Waals surface area contributed by atoms with E-state index in [4.69, 9.17) is 0 Å². The monoisotopic (exact) mass is 238 g/mol. The van der Waals surface area contributed by atoms with Crippen molar-refractivity contribution in [2.24, 2.45) is 0 Å². The summed E-state index contributed by atoms with van der Waals surface area (Å²) in [4.78, 5) is 0. The molecule has 0 saturated carbocycles. The molecule has 0 aliphatic heterocycles. The maximum absolute atomic E-state index is 11.8. The van der Waals surface area contributed by atoms with Crippen LogP contribution in [-0.4, -0.2) is 24.5 Å². The Hall–Kier alpha value is -1.13. The molecule has 1 N–H and O–H groups in total. The normalized spacial score (nSPS) is 24.1. The zero-order valence-electron chi connectivity index (χ0n) is 9.00. The van der Waals surface area contributed by atoms with E-state index in [0.29, 0.717) is 5.56 Å². The predicted molar refractivity (Wildman–Crippen MR) is 63.7 cm³/mol. The first-order chi connectivity index (χ1) is 7.56. The van der Waals surface area contributed by atoms with E-state index in [0.717, 1.165) is 5.56 Å². The van der Waals surface area contributed by atoms with Crippen LogP contribution in [0, 0.1) is 0 Å². The minimum atomic E-state index is -3.25. The fourth-order valence-electron chi connectivity index (χ4n) is 1.92. The van der Waals surface area contributed by atoms with E-state index < -0.39 is 21.2 Å². The number of benzene rings is 1. The molecule has 0 bridgehead atoms. The molecule has 1 aromatic rings. The Morgan fingerprint density at radius 3 is 2.69 bits per heavy atom. The van der Waals surface area contributed by atoms with Gasteiger partial charge in [0.1, 0.15) is 5.25 Å². The lowest BCUT2D eigenvalue weighted by atomic mass is 9.95. The van der Waals surface area contributed by atoms with Gasteiger partial charge in [-0.25, -0.2) is 8.42 Å². The van der Waals surface area contributed by atoms with Crippen LogP contribution in [0.3, 0.4) is 0 Å². The van der Waals surface area contributed by atoms with E-state index in [2.05, 4.69) is 0 Å². The second-order valence-electron chi connectivity index (χ2n) is 3.85. The van der Waals surface area contributed by atoms with Gasteiger partial charge < -0.3 is 5.11 Å². The average molecular weight is 238 g/mol. The van der Waals surface area contributed by atoms with Crippen LogP contribution in [0.25, 0.3) is 6.08 Å². The Morgan fingerprint density at radius 1 is 1.31 bits per heavy atom. The Bertz CT molecular complexity index is 517. The van der Waals surface area contributed by atoms with Crippen LogP contribution >= 0.6 is 0 Å². The molecule has 3 nitrogen and oxygen atoms in total. The second-order valence-corrected chi connectivity index (χ2v) is 6.30. The third kappa shape index (κ3) is 1.79. The van der Waals surface area contributed by atoms with E-state index in [-0.39, 0.29) is 5.75 Å². The molecule has 4 heteroatoms. The summed E-state index contributed by atoms with van der Waals surface area (Å²) in [5, 5.41) is 9.24. The number of aliphatic hydroxyl groups excluding tert-OH is 1. The van der Waals surface area contributed by atoms with Gasteiger partial charge in [0.15, 0.2) is 9.84 Å². The zero-order chi connectivity index (χ0) is 11.8. The number of rotatable bonds is 2. The van der Waals surface area contributed by atoms with Crippen molar-refractivity contribution < 1.29 is 13.5 Å². The molecule has 16 heavy (non-hydrogen) atoms. The van der Waals surface area contributed by atoms with Gasteiger partial charge in [0.25, 0.3) is 0 Å². The molecule has 0 unspecified atom stereocenters. The predicted octanol–water partition coefficient (Wildman–Crippen LogP) is 1.55. The van der Waals surface area contributed by atoms with Gasteiger partial charge in [-0.2, -0.15) is 0 Å². The van der Waals surface area contributed by atoms with Crippen LogP contribution in [0.2, 0.25) is 0 Å². The quantitative estimate of drug-likeness (QED) is 0.850. The van der Waals surface area contributed by atoms with E-state index in [1.807, 2.05) is 12.1 Å². The molecule has 1 aromatic carbocycles. The standard InChI is InChI=1S/C12H14O3S/c1-2-16(14,15)11-8-7-9-5-3-4-6-10(9)12(11)13/h3-8,11-13H,2H2,1H3/t11-,12-/m0/s1. The molecule has 0 saturated heterocycles. The van der Waals surface area contributed by atoms with Gasteiger partial charge in [-0.15, -0.1) is 0 Å². The van der Waals surface area contributed by atoms with Gasteiger partial charge in [0.05, 0.1) is 6.10 Å². The van der Waals surface area contributed by atoms with Crippen molar-refractivity contribution in [3.8, 4) is 0 Å². The summed E-state index contributed by atoms with van der Waals surface area (Å²) in [5.74, 6) is 0.0429. The van der Waals surface area contributed by atoms with Crippen LogP contribution in [-0.2, 0) is 9.84 Å². The molecule has 0 amide bonds. The Morgan fingerprint density at radius 2 is 2.00 bits per heavy atom. The molecular weight excluding hydrogens is 224 g/mol.